The third-order valence-electron chi connectivity index (χ3n) is 6.64. The van der Waals surface area contributed by atoms with Crippen molar-refractivity contribution in [2.24, 2.45) is 10.9 Å². The van der Waals surface area contributed by atoms with Gasteiger partial charge in [0.1, 0.15) is 0 Å². The smallest absolute Gasteiger partial charge is 0.234 e. The number of hydrogen-bond acceptors (Lipinski definition) is 4. The van der Waals surface area contributed by atoms with Crippen molar-refractivity contribution in [1.82, 2.24) is 20.4 Å². The predicted octanol–water partition coefficient (Wildman–Crippen LogP) is 2.94. The van der Waals surface area contributed by atoms with Crippen LogP contribution in [-0.4, -0.2) is 80.1 Å². The van der Waals surface area contributed by atoms with Crippen LogP contribution in [0.15, 0.2) is 29.3 Å². The molecule has 8 heteroatoms. The number of nitrogens with one attached hydrogen (secondary N) is 2. The van der Waals surface area contributed by atoms with E-state index in [1.165, 1.54) is 11.1 Å². The molecule has 0 spiro atoms. The summed E-state index contributed by atoms with van der Waals surface area (Å²) in [5.74, 6) is 1.55. The number of piperazine rings is 1. The standard InChI is InChI=1S/C25H39N5O2.HI/c1-3-26-25(30-14-12-29(13-15-30)18-23(31)28-22-10-11-22)27-17-21-5-4-16-32-24(21)20-8-6-19(2)7-9-20;/h6-9,21-22,24H,3-5,10-18H2,1-2H3,(H,26,27)(H,28,31);1H. The quantitative estimate of drug-likeness (QED) is 0.301. The van der Waals surface area contributed by atoms with Crippen molar-refractivity contribution < 1.29 is 9.53 Å². The van der Waals surface area contributed by atoms with Crippen LogP contribution >= 0.6 is 24.0 Å². The lowest BCUT2D eigenvalue weighted by molar-refractivity contribution is -0.122. The van der Waals surface area contributed by atoms with Crippen LogP contribution in [0.5, 0.6) is 0 Å². The van der Waals surface area contributed by atoms with Crippen LogP contribution in [0.4, 0.5) is 0 Å². The Morgan fingerprint density at radius 2 is 1.85 bits per heavy atom. The first-order valence-electron chi connectivity index (χ1n) is 12.4. The summed E-state index contributed by atoms with van der Waals surface area (Å²) < 4.78 is 6.19. The maximum atomic E-state index is 12.1. The van der Waals surface area contributed by atoms with Crippen LogP contribution in [0.1, 0.15) is 49.8 Å². The molecule has 0 radical (unpaired) electrons. The number of carbonyl (C=O) groups is 1. The van der Waals surface area contributed by atoms with Gasteiger partial charge in [-0.3, -0.25) is 14.7 Å². The van der Waals surface area contributed by atoms with E-state index in [1.54, 1.807) is 0 Å². The number of rotatable bonds is 7. The van der Waals surface area contributed by atoms with E-state index in [0.717, 1.165) is 77.5 Å². The molecule has 3 aliphatic rings. The van der Waals surface area contributed by atoms with Crippen molar-refractivity contribution in [2.75, 3.05) is 52.4 Å². The second-order valence-corrected chi connectivity index (χ2v) is 9.40. The molecule has 2 N–H and O–H groups in total. The second kappa shape index (κ2) is 12.9. The molecule has 184 valence electrons. The molecule has 1 aromatic rings. The first-order chi connectivity index (χ1) is 15.6. The Hall–Kier alpha value is -1.39. The average Bonchev–Trinajstić information content (AvgIpc) is 3.62. The van der Waals surface area contributed by atoms with Crippen molar-refractivity contribution in [1.29, 1.82) is 0 Å². The SMILES string of the molecule is CCNC(=NCC1CCCOC1c1ccc(C)cc1)N1CCN(CC(=O)NC2CC2)CC1.I. The van der Waals surface area contributed by atoms with E-state index < -0.39 is 0 Å². The van der Waals surface area contributed by atoms with Crippen LogP contribution in [-0.2, 0) is 9.53 Å². The summed E-state index contributed by atoms with van der Waals surface area (Å²) in [6.07, 6.45) is 4.64. The summed E-state index contributed by atoms with van der Waals surface area (Å²) in [7, 11) is 0. The monoisotopic (exact) mass is 569 g/mol. The first kappa shape index (κ1) is 26.2. The molecule has 1 saturated carbocycles. The van der Waals surface area contributed by atoms with Gasteiger partial charge in [-0.05, 0) is 45.1 Å². The normalized spacial score (nSPS) is 24.2. The third kappa shape index (κ3) is 7.82. The Bertz CT molecular complexity index is 776. The molecule has 2 aliphatic heterocycles. The molecule has 0 aromatic heterocycles. The van der Waals surface area contributed by atoms with Gasteiger partial charge in [-0.1, -0.05) is 29.8 Å². The van der Waals surface area contributed by atoms with E-state index in [1.807, 2.05) is 0 Å². The van der Waals surface area contributed by atoms with Gasteiger partial charge in [0.05, 0.1) is 12.6 Å². The van der Waals surface area contributed by atoms with Crippen LogP contribution < -0.4 is 10.6 Å². The summed E-state index contributed by atoms with van der Waals surface area (Å²) in [4.78, 5) is 21.7. The van der Waals surface area contributed by atoms with Gasteiger partial charge < -0.3 is 20.3 Å². The Morgan fingerprint density at radius 1 is 1.12 bits per heavy atom. The van der Waals surface area contributed by atoms with E-state index >= 15 is 0 Å². The summed E-state index contributed by atoms with van der Waals surface area (Å²) in [6.45, 7) is 10.8. The highest BCUT2D eigenvalue weighted by Gasteiger charge is 2.29. The number of amides is 1. The van der Waals surface area contributed by atoms with Gasteiger partial charge in [-0.25, -0.2) is 0 Å². The van der Waals surface area contributed by atoms with Crippen molar-refractivity contribution >= 4 is 35.8 Å². The summed E-state index contributed by atoms with van der Waals surface area (Å²) in [6, 6.07) is 9.17. The van der Waals surface area contributed by atoms with Crippen molar-refractivity contribution in [2.45, 2.75) is 51.7 Å². The first-order valence-corrected chi connectivity index (χ1v) is 12.4. The molecule has 7 nitrogen and oxygen atoms in total. The molecule has 4 rings (SSSR count). The molecule has 3 fully saturated rings. The van der Waals surface area contributed by atoms with Gasteiger partial charge in [-0.15, -0.1) is 24.0 Å². The highest BCUT2D eigenvalue weighted by atomic mass is 127. The largest absolute Gasteiger partial charge is 0.373 e. The lowest BCUT2D eigenvalue weighted by Crippen LogP contribution is -2.54. The average molecular weight is 570 g/mol. The third-order valence-corrected chi connectivity index (χ3v) is 6.64. The molecule has 2 atom stereocenters. The molecule has 1 amide bonds. The zero-order valence-corrected chi connectivity index (χ0v) is 22.4. The van der Waals surface area contributed by atoms with Crippen LogP contribution in [0.2, 0.25) is 0 Å². The molecule has 0 bridgehead atoms. The Morgan fingerprint density at radius 3 is 2.52 bits per heavy atom. The summed E-state index contributed by atoms with van der Waals surface area (Å²) in [5.41, 5.74) is 2.54. The van der Waals surface area contributed by atoms with Gasteiger partial charge in [-0.2, -0.15) is 0 Å². The van der Waals surface area contributed by atoms with Crippen LogP contribution in [0.3, 0.4) is 0 Å². The minimum atomic E-state index is 0. The number of aliphatic imine (C=N–C) groups is 1. The van der Waals surface area contributed by atoms with E-state index in [2.05, 4.69) is 58.5 Å². The zero-order valence-electron chi connectivity index (χ0n) is 20.1. The molecular formula is C25H40IN5O2. The summed E-state index contributed by atoms with van der Waals surface area (Å²) in [5, 5.41) is 6.57. The van der Waals surface area contributed by atoms with Crippen LogP contribution in [0.25, 0.3) is 0 Å². The van der Waals surface area contributed by atoms with Gasteiger partial charge in [0, 0.05) is 57.8 Å². The molecule has 1 aliphatic carbocycles. The number of guanidine groups is 1. The lowest BCUT2D eigenvalue weighted by Gasteiger charge is -2.37. The second-order valence-electron chi connectivity index (χ2n) is 9.40. The number of hydrogen-bond donors (Lipinski definition) is 2. The maximum absolute atomic E-state index is 12.1. The number of nitrogens with zero attached hydrogens (tertiary/aromatic N) is 3. The molecule has 2 unspecified atom stereocenters. The van der Waals surface area contributed by atoms with Crippen molar-refractivity contribution in [3.05, 3.63) is 35.4 Å². The molecule has 33 heavy (non-hydrogen) atoms. The fraction of sp³-hybridized carbons (Fsp3) is 0.680. The highest BCUT2D eigenvalue weighted by Crippen LogP contribution is 2.34. The predicted molar refractivity (Wildman–Crippen MR) is 143 cm³/mol. The number of carbonyl (C=O) groups excluding carboxylic acids is 1. The fourth-order valence-corrected chi connectivity index (χ4v) is 4.61. The minimum absolute atomic E-state index is 0. The fourth-order valence-electron chi connectivity index (χ4n) is 4.61. The number of ether oxygens (including phenoxy) is 1. The van der Waals surface area contributed by atoms with E-state index in [4.69, 9.17) is 9.73 Å². The van der Waals surface area contributed by atoms with Gasteiger partial charge in [0.15, 0.2) is 5.96 Å². The molecule has 2 heterocycles. The van der Waals surface area contributed by atoms with E-state index in [9.17, 15) is 4.79 Å². The molecular weight excluding hydrogens is 529 g/mol. The number of aryl methyl sites for hydroxylation is 1. The topological polar surface area (TPSA) is 69.2 Å². The van der Waals surface area contributed by atoms with Gasteiger partial charge in [0.25, 0.3) is 0 Å². The maximum Gasteiger partial charge on any atom is 0.234 e. The van der Waals surface area contributed by atoms with E-state index in [-0.39, 0.29) is 36.0 Å². The Balaban J connectivity index is 0.00000306. The molecule has 2 saturated heterocycles. The Kier molecular flexibility index (Phi) is 10.2. The molecule has 1 aromatic carbocycles. The van der Waals surface area contributed by atoms with Crippen molar-refractivity contribution in [3.8, 4) is 0 Å². The number of benzene rings is 1. The summed E-state index contributed by atoms with van der Waals surface area (Å²) >= 11 is 0. The Labute approximate surface area is 215 Å². The minimum Gasteiger partial charge on any atom is -0.373 e. The lowest BCUT2D eigenvalue weighted by atomic mass is 9.89. The van der Waals surface area contributed by atoms with Gasteiger partial charge >= 0.3 is 0 Å². The zero-order chi connectivity index (χ0) is 22.3. The van der Waals surface area contributed by atoms with Gasteiger partial charge in [0.2, 0.25) is 5.91 Å². The van der Waals surface area contributed by atoms with Crippen molar-refractivity contribution in [3.63, 3.8) is 0 Å². The number of halogens is 1. The highest BCUT2D eigenvalue weighted by molar-refractivity contribution is 14.0. The van der Waals surface area contributed by atoms with Crippen LogP contribution in [0, 0.1) is 12.8 Å². The van der Waals surface area contributed by atoms with E-state index in [0.29, 0.717) is 18.5 Å².